The number of anilines is 1. The Bertz CT molecular complexity index is 880. The summed E-state index contributed by atoms with van der Waals surface area (Å²) in [5, 5.41) is 9.62. The Hall–Kier alpha value is -3.15. The van der Waals surface area contributed by atoms with Crippen molar-refractivity contribution in [2.24, 2.45) is 0 Å². The van der Waals surface area contributed by atoms with Gasteiger partial charge in [0, 0.05) is 23.4 Å². The molecule has 0 fully saturated rings. The van der Waals surface area contributed by atoms with Gasteiger partial charge in [-0.3, -0.25) is 0 Å². The molecule has 6 nitrogen and oxygen atoms in total. The van der Waals surface area contributed by atoms with E-state index in [2.05, 4.69) is 26.8 Å². The first-order chi connectivity index (χ1) is 12.5. The minimum absolute atomic E-state index is 0.212. The number of aromatic nitrogens is 2. The van der Waals surface area contributed by atoms with Gasteiger partial charge in [0.05, 0.1) is 0 Å². The molecule has 26 heavy (non-hydrogen) atoms. The van der Waals surface area contributed by atoms with Gasteiger partial charge in [0.15, 0.2) is 0 Å². The van der Waals surface area contributed by atoms with Crippen LogP contribution in [0.2, 0.25) is 0 Å². The predicted octanol–water partition coefficient (Wildman–Crippen LogP) is 4.55. The highest BCUT2D eigenvalue weighted by Crippen LogP contribution is 2.24. The number of carbonyl (C=O) groups is 1. The smallest absolute Gasteiger partial charge is 0.319 e. The van der Waals surface area contributed by atoms with Gasteiger partial charge >= 0.3 is 6.03 Å². The zero-order valence-electron chi connectivity index (χ0n) is 15.2. The topological polar surface area (TPSA) is 80.0 Å². The number of aryl methyl sites for hydroxylation is 2. The van der Waals surface area contributed by atoms with Crippen LogP contribution in [0, 0.1) is 13.8 Å². The second kappa shape index (κ2) is 7.82. The van der Waals surface area contributed by atoms with Crippen molar-refractivity contribution in [1.82, 2.24) is 15.5 Å². The molecule has 0 aliphatic rings. The molecular weight excluding hydrogens is 328 g/mol. The Balaban J connectivity index is 1.74. The van der Waals surface area contributed by atoms with Gasteiger partial charge in [0.25, 0.3) is 5.89 Å². The number of carbonyl (C=O) groups excluding carboxylic acids is 1. The lowest BCUT2D eigenvalue weighted by Crippen LogP contribution is -2.29. The van der Waals surface area contributed by atoms with Crippen LogP contribution in [0.15, 0.2) is 47.0 Å². The normalized spacial score (nSPS) is 10.6. The predicted molar refractivity (Wildman–Crippen MR) is 102 cm³/mol. The number of benzene rings is 2. The van der Waals surface area contributed by atoms with Crippen molar-refractivity contribution < 1.29 is 9.32 Å². The number of nitrogens with zero attached hydrogens (tertiary/aromatic N) is 2. The number of hydrogen-bond acceptors (Lipinski definition) is 4. The van der Waals surface area contributed by atoms with E-state index in [9.17, 15) is 4.79 Å². The van der Waals surface area contributed by atoms with Crippen LogP contribution in [0.25, 0.3) is 22.8 Å². The van der Waals surface area contributed by atoms with Crippen molar-refractivity contribution in [3.63, 3.8) is 0 Å². The van der Waals surface area contributed by atoms with E-state index in [-0.39, 0.29) is 6.03 Å². The molecule has 0 unspecified atom stereocenters. The number of hydrogen-bond donors (Lipinski definition) is 2. The molecule has 1 aromatic heterocycles. The number of rotatable bonds is 5. The first-order valence-corrected chi connectivity index (χ1v) is 8.63. The molecule has 2 aromatic carbocycles. The van der Waals surface area contributed by atoms with E-state index in [1.807, 2.05) is 57.2 Å². The highest BCUT2D eigenvalue weighted by molar-refractivity contribution is 5.89. The average molecular weight is 350 g/mol. The lowest BCUT2D eigenvalue weighted by molar-refractivity contribution is 0.252. The van der Waals surface area contributed by atoms with Crippen LogP contribution in [-0.2, 0) is 0 Å². The van der Waals surface area contributed by atoms with Gasteiger partial charge in [-0.15, -0.1) is 0 Å². The summed E-state index contributed by atoms with van der Waals surface area (Å²) in [6, 6.07) is 13.3. The van der Waals surface area contributed by atoms with Crippen molar-refractivity contribution in [3.8, 4) is 22.8 Å². The maximum absolute atomic E-state index is 11.7. The maximum atomic E-state index is 11.7. The Morgan fingerprint density at radius 1 is 1.04 bits per heavy atom. The third-order valence-electron chi connectivity index (χ3n) is 3.83. The largest absolute Gasteiger partial charge is 0.338 e. The molecule has 2 N–H and O–H groups in total. The van der Waals surface area contributed by atoms with Crippen LogP contribution >= 0.6 is 0 Å². The summed E-state index contributed by atoms with van der Waals surface area (Å²) in [4.78, 5) is 16.2. The van der Waals surface area contributed by atoms with E-state index in [4.69, 9.17) is 4.52 Å². The van der Waals surface area contributed by atoms with Gasteiger partial charge in [0.2, 0.25) is 5.82 Å². The monoisotopic (exact) mass is 350 g/mol. The molecule has 1 heterocycles. The molecule has 0 saturated carbocycles. The summed E-state index contributed by atoms with van der Waals surface area (Å²) in [5.74, 6) is 1.01. The molecule has 2 amide bonds. The lowest BCUT2D eigenvalue weighted by Gasteiger charge is -2.06. The summed E-state index contributed by atoms with van der Waals surface area (Å²) >= 11 is 0. The summed E-state index contributed by atoms with van der Waals surface area (Å²) in [6.07, 6.45) is 0.896. The zero-order chi connectivity index (χ0) is 18.5. The van der Waals surface area contributed by atoms with Crippen molar-refractivity contribution in [1.29, 1.82) is 0 Å². The van der Waals surface area contributed by atoms with Crippen molar-refractivity contribution >= 4 is 11.7 Å². The van der Waals surface area contributed by atoms with Crippen LogP contribution in [0.5, 0.6) is 0 Å². The highest BCUT2D eigenvalue weighted by atomic mass is 16.5. The molecule has 3 aromatic rings. The molecule has 0 bridgehead atoms. The number of amides is 2. The van der Waals surface area contributed by atoms with E-state index in [0.717, 1.165) is 28.7 Å². The van der Waals surface area contributed by atoms with Crippen LogP contribution in [0.3, 0.4) is 0 Å². The minimum atomic E-state index is -0.212. The molecule has 0 spiro atoms. The highest BCUT2D eigenvalue weighted by Gasteiger charge is 2.11. The lowest BCUT2D eigenvalue weighted by atomic mass is 10.1. The molecule has 134 valence electrons. The quantitative estimate of drug-likeness (QED) is 0.707. The first kappa shape index (κ1) is 17.7. The summed E-state index contributed by atoms with van der Waals surface area (Å²) in [6.45, 7) is 6.73. The number of nitrogens with one attached hydrogen (secondary N) is 2. The molecule has 0 radical (unpaired) electrons. The van der Waals surface area contributed by atoms with E-state index >= 15 is 0 Å². The van der Waals surface area contributed by atoms with Gasteiger partial charge in [-0.1, -0.05) is 29.3 Å². The maximum Gasteiger partial charge on any atom is 0.319 e. The SMILES string of the molecule is CCCNC(=O)Nc1ccc(-c2noc(-c3cc(C)cc(C)c3)n2)cc1. The van der Waals surface area contributed by atoms with E-state index in [1.54, 1.807) is 0 Å². The number of urea groups is 1. The van der Waals surface area contributed by atoms with Crippen LogP contribution < -0.4 is 10.6 Å². The summed E-state index contributed by atoms with van der Waals surface area (Å²) in [7, 11) is 0. The molecule has 0 aliphatic carbocycles. The van der Waals surface area contributed by atoms with E-state index < -0.39 is 0 Å². The summed E-state index contributed by atoms with van der Waals surface area (Å²) < 4.78 is 5.41. The molecule has 6 heteroatoms. The molecule has 0 atom stereocenters. The van der Waals surface area contributed by atoms with E-state index in [1.165, 1.54) is 0 Å². The average Bonchev–Trinajstić information content (AvgIpc) is 3.10. The Morgan fingerprint density at radius 2 is 1.73 bits per heavy atom. The van der Waals surface area contributed by atoms with Gasteiger partial charge in [-0.2, -0.15) is 4.98 Å². The van der Waals surface area contributed by atoms with Crippen LogP contribution in [-0.4, -0.2) is 22.7 Å². The Labute approximate surface area is 152 Å². The zero-order valence-corrected chi connectivity index (χ0v) is 15.2. The standard InChI is InChI=1S/C20H22N4O2/c1-4-9-21-20(25)22-17-7-5-15(6-8-17)18-23-19(26-24-18)16-11-13(2)10-14(3)12-16/h5-8,10-12H,4,9H2,1-3H3,(H2,21,22,25). The van der Waals surface area contributed by atoms with Crippen LogP contribution in [0.4, 0.5) is 10.5 Å². The first-order valence-electron chi connectivity index (χ1n) is 8.63. The second-order valence-corrected chi connectivity index (χ2v) is 6.26. The fourth-order valence-corrected chi connectivity index (χ4v) is 2.67. The molecular formula is C20H22N4O2. The minimum Gasteiger partial charge on any atom is -0.338 e. The van der Waals surface area contributed by atoms with Gasteiger partial charge in [0.1, 0.15) is 0 Å². The molecule has 3 rings (SSSR count). The van der Waals surface area contributed by atoms with Gasteiger partial charge in [-0.25, -0.2) is 4.79 Å². The summed E-state index contributed by atoms with van der Waals surface area (Å²) in [5.41, 5.74) is 4.74. The molecule has 0 saturated heterocycles. The van der Waals surface area contributed by atoms with Gasteiger partial charge < -0.3 is 15.2 Å². The molecule has 0 aliphatic heterocycles. The Kier molecular flexibility index (Phi) is 5.31. The van der Waals surface area contributed by atoms with Crippen molar-refractivity contribution in [3.05, 3.63) is 53.6 Å². The van der Waals surface area contributed by atoms with Crippen molar-refractivity contribution in [2.75, 3.05) is 11.9 Å². The fraction of sp³-hybridized carbons (Fsp3) is 0.250. The third-order valence-corrected chi connectivity index (χ3v) is 3.83. The van der Waals surface area contributed by atoms with Crippen LogP contribution in [0.1, 0.15) is 24.5 Å². The van der Waals surface area contributed by atoms with E-state index in [0.29, 0.717) is 23.9 Å². The van der Waals surface area contributed by atoms with Crippen molar-refractivity contribution in [2.45, 2.75) is 27.2 Å². The third kappa shape index (κ3) is 4.27. The fourth-order valence-electron chi connectivity index (χ4n) is 2.67. The second-order valence-electron chi connectivity index (χ2n) is 6.26. The Morgan fingerprint density at radius 3 is 2.38 bits per heavy atom. The van der Waals surface area contributed by atoms with Gasteiger partial charge in [-0.05, 0) is 56.7 Å².